The van der Waals surface area contributed by atoms with Gasteiger partial charge in [0.2, 0.25) is 0 Å². The van der Waals surface area contributed by atoms with E-state index in [1.807, 2.05) is 42.6 Å². The molecule has 3 heterocycles. The van der Waals surface area contributed by atoms with E-state index in [-0.39, 0.29) is 0 Å². The number of nitrogens with zero attached hydrogens (tertiary/aromatic N) is 2. The van der Waals surface area contributed by atoms with Gasteiger partial charge in [-0.2, -0.15) is 5.10 Å². The maximum atomic E-state index is 4.39. The van der Waals surface area contributed by atoms with Crippen molar-refractivity contribution < 1.29 is 0 Å². The molecule has 2 N–H and O–H groups in total. The molecule has 0 fully saturated rings. The summed E-state index contributed by atoms with van der Waals surface area (Å²) in [5, 5.41) is 8.60. The molecular weight excluding hydrogens is 272 g/mol. The van der Waals surface area contributed by atoms with Gasteiger partial charge in [0.15, 0.2) is 0 Å². The quantitative estimate of drug-likeness (QED) is 0.595. The van der Waals surface area contributed by atoms with Crippen LogP contribution in [0.5, 0.6) is 0 Å². The second-order valence-electron chi connectivity index (χ2n) is 5.06. The van der Waals surface area contributed by atoms with Crippen molar-refractivity contribution in [2.75, 3.05) is 0 Å². The summed E-state index contributed by atoms with van der Waals surface area (Å²) < 4.78 is 0. The molecule has 22 heavy (non-hydrogen) atoms. The lowest BCUT2D eigenvalue weighted by Gasteiger charge is -2.00. The highest BCUT2D eigenvalue weighted by Gasteiger charge is 2.05. The molecule has 0 spiro atoms. The number of aromatic nitrogens is 4. The van der Waals surface area contributed by atoms with Crippen LogP contribution in [0.3, 0.4) is 0 Å². The summed E-state index contributed by atoms with van der Waals surface area (Å²) in [6.45, 7) is 0. The Bertz CT molecular complexity index is 918. The fourth-order valence-corrected chi connectivity index (χ4v) is 2.51. The molecule has 0 unspecified atom stereocenters. The molecule has 1 aromatic carbocycles. The molecular formula is C18H14N4. The summed E-state index contributed by atoms with van der Waals surface area (Å²) in [5.41, 5.74) is 5.32. The van der Waals surface area contributed by atoms with Gasteiger partial charge in [-0.25, -0.2) is 0 Å². The Labute approximate surface area is 127 Å². The van der Waals surface area contributed by atoms with E-state index in [2.05, 4.69) is 38.4 Å². The van der Waals surface area contributed by atoms with E-state index in [4.69, 9.17) is 0 Å². The lowest BCUT2D eigenvalue weighted by Crippen LogP contribution is -1.79. The topological polar surface area (TPSA) is 57.4 Å². The Morgan fingerprint density at radius 2 is 1.82 bits per heavy atom. The third-order valence-electron chi connectivity index (χ3n) is 3.65. The van der Waals surface area contributed by atoms with Crippen LogP contribution in [-0.2, 0) is 0 Å². The minimum absolute atomic E-state index is 0.936. The molecule has 4 heteroatoms. The van der Waals surface area contributed by atoms with Crippen LogP contribution in [0.4, 0.5) is 0 Å². The molecule has 0 bridgehead atoms. The SMILES string of the molecule is C(=Cc1n[nH]c2cc(-c3ccncc3)ccc12)c1ccc[nH]1. The van der Waals surface area contributed by atoms with Gasteiger partial charge in [-0.3, -0.25) is 10.1 Å². The van der Waals surface area contributed by atoms with Gasteiger partial charge >= 0.3 is 0 Å². The van der Waals surface area contributed by atoms with E-state index < -0.39 is 0 Å². The van der Waals surface area contributed by atoms with Crippen molar-refractivity contribution in [3.63, 3.8) is 0 Å². The molecule has 4 rings (SSSR count). The number of nitrogens with one attached hydrogen (secondary N) is 2. The van der Waals surface area contributed by atoms with Crippen molar-refractivity contribution in [3.05, 3.63) is 72.4 Å². The van der Waals surface area contributed by atoms with Crippen molar-refractivity contribution in [1.82, 2.24) is 20.2 Å². The first kappa shape index (κ1) is 12.6. The minimum Gasteiger partial charge on any atom is -0.362 e. The molecule has 0 aliphatic heterocycles. The number of benzene rings is 1. The first-order valence-electron chi connectivity index (χ1n) is 7.10. The third-order valence-corrected chi connectivity index (χ3v) is 3.65. The summed E-state index contributed by atoms with van der Waals surface area (Å²) >= 11 is 0. The van der Waals surface area contributed by atoms with Crippen LogP contribution < -0.4 is 0 Å². The molecule has 0 atom stereocenters. The van der Waals surface area contributed by atoms with Crippen molar-refractivity contribution in [3.8, 4) is 11.1 Å². The highest BCUT2D eigenvalue weighted by atomic mass is 15.1. The molecule has 106 valence electrons. The number of H-pyrrole nitrogens is 2. The smallest absolute Gasteiger partial charge is 0.0927 e. The fraction of sp³-hybridized carbons (Fsp3) is 0. The van der Waals surface area contributed by atoms with Gasteiger partial charge in [0.05, 0.1) is 11.2 Å². The van der Waals surface area contributed by atoms with Gasteiger partial charge in [0.1, 0.15) is 0 Å². The molecule has 0 aliphatic rings. The Hall–Kier alpha value is -3.14. The average molecular weight is 286 g/mol. The van der Waals surface area contributed by atoms with E-state index >= 15 is 0 Å². The predicted octanol–water partition coefficient (Wildman–Crippen LogP) is 4.12. The normalized spacial score (nSPS) is 11.5. The number of hydrogen-bond acceptors (Lipinski definition) is 2. The lowest BCUT2D eigenvalue weighted by molar-refractivity contribution is 1.11. The molecule has 0 amide bonds. The van der Waals surface area contributed by atoms with Crippen LogP contribution in [-0.4, -0.2) is 20.2 Å². The van der Waals surface area contributed by atoms with Gasteiger partial charge in [-0.05, 0) is 59.7 Å². The second kappa shape index (κ2) is 5.33. The summed E-state index contributed by atoms with van der Waals surface area (Å²) in [6.07, 6.45) is 9.54. The summed E-state index contributed by atoms with van der Waals surface area (Å²) in [7, 11) is 0. The van der Waals surface area contributed by atoms with E-state index in [1.165, 1.54) is 0 Å². The second-order valence-corrected chi connectivity index (χ2v) is 5.06. The van der Waals surface area contributed by atoms with Crippen molar-refractivity contribution >= 4 is 23.1 Å². The van der Waals surface area contributed by atoms with Crippen molar-refractivity contribution in [2.45, 2.75) is 0 Å². The van der Waals surface area contributed by atoms with Crippen LogP contribution in [0.2, 0.25) is 0 Å². The number of fused-ring (bicyclic) bond motifs is 1. The summed E-state index contributed by atoms with van der Waals surface area (Å²) in [5.74, 6) is 0. The average Bonchev–Trinajstić information content (AvgIpc) is 3.23. The number of hydrogen-bond donors (Lipinski definition) is 2. The van der Waals surface area contributed by atoms with Crippen molar-refractivity contribution in [1.29, 1.82) is 0 Å². The van der Waals surface area contributed by atoms with Gasteiger partial charge in [0.25, 0.3) is 0 Å². The standard InChI is InChI=1S/C18H14N4/c1-2-15(20-9-1)4-6-17-16-5-3-14(12-18(16)22-21-17)13-7-10-19-11-8-13/h1-12,20H,(H,21,22). The molecule has 4 aromatic rings. The van der Waals surface area contributed by atoms with Gasteiger partial charge in [-0.1, -0.05) is 6.07 Å². The van der Waals surface area contributed by atoms with Crippen LogP contribution in [0.1, 0.15) is 11.4 Å². The van der Waals surface area contributed by atoms with Gasteiger partial charge < -0.3 is 4.98 Å². The summed E-state index contributed by atoms with van der Waals surface area (Å²) in [4.78, 5) is 7.20. The zero-order valence-electron chi connectivity index (χ0n) is 11.8. The monoisotopic (exact) mass is 286 g/mol. The molecule has 0 saturated heterocycles. The maximum absolute atomic E-state index is 4.39. The van der Waals surface area contributed by atoms with Gasteiger partial charge in [0, 0.05) is 29.7 Å². The fourth-order valence-electron chi connectivity index (χ4n) is 2.51. The molecule has 3 aromatic heterocycles. The van der Waals surface area contributed by atoms with Crippen LogP contribution in [0.25, 0.3) is 34.2 Å². The molecule has 0 radical (unpaired) electrons. The maximum Gasteiger partial charge on any atom is 0.0927 e. The highest BCUT2D eigenvalue weighted by molar-refractivity contribution is 5.91. The largest absolute Gasteiger partial charge is 0.362 e. The molecule has 0 saturated carbocycles. The van der Waals surface area contributed by atoms with Crippen LogP contribution in [0, 0.1) is 0 Å². The van der Waals surface area contributed by atoms with Crippen LogP contribution >= 0.6 is 0 Å². The highest BCUT2D eigenvalue weighted by Crippen LogP contribution is 2.25. The van der Waals surface area contributed by atoms with Crippen molar-refractivity contribution in [2.24, 2.45) is 0 Å². The minimum atomic E-state index is 0.936. The third kappa shape index (κ3) is 2.31. The number of pyridine rings is 1. The Balaban J connectivity index is 1.72. The molecule has 0 aliphatic carbocycles. The van der Waals surface area contributed by atoms with E-state index in [1.54, 1.807) is 12.4 Å². The van der Waals surface area contributed by atoms with Gasteiger partial charge in [-0.15, -0.1) is 0 Å². The zero-order valence-corrected chi connectivity index (χ0v) is 11.8. The first-order valence-corrected chi connectivity index (χ1v) is 7.10. The number of aromatic amines is 2. The Morgan fingerprint density at radius 3 is 2.64 bits per heavy atom. The summed E-state index contributed by atoms with van der Waals surface area (Å²) in [6, 6.07) is 14.3. The Morgan fingerprint density at radius 1 is 0.909 bits per heavy atom. The van der Waals surface area contributed by atoms with E-state index in [0.29, 0.717) is 0 Å². The van der Waals surface area contributed by atoms with E-state index in [9.17, 15) is 0 Å². The Kier molecular flexibility index (Phi) is 3.05. The lowest BCUT2D eigenvalue weighted by atomic mass is 10.0. The predicted molar refractivity (Wildman–Crippen MR) is 89.0 cm³/mol. The molecule has 4 nitrogen and oxygen atoms in total. The van der Waals surface area contributed by atoms with Crippen LogP contribution in [0.15, 0.2) is 61.1 Å². The number of rotatable bonds is 3. The zero-order chi connectivity index (χ0) is 14.8. The van der Waals surface area contributed by atoms with E-state index in [0.717, 1.165) is 33.4 Å². The first-order chi connectivity index (χ1) is 10.9.